The number of rotatable bonds is 6. The highest BCUT2D eigenvalue weighted by Crippen LogP contribution is 2.66. The van der Waals surface area contributed by atoms with Crippen molar-refractivity contribution >= 4 is 17.9 Å². The largest absolute Gasteiger partial charge is 0.395 e. The topological polar surface area (TPSA) is 93.8 Å². The first-order valence-corrected chi connectivity index (χ1v) is 11.5. The highest BCUT2D eigenvalue weighted by Gasteiger charge is 2.61. The van der Waals surface area contributed by atoms with Gasteiger partial charge in [-0.1, -0.05) is 19.0 Å². The van der Waals surface area contributed by atoms with Crippen LogP contribution in [0.1, 0.15) is 65.2 Å². The van der Waals surface area contributed by atoms with Gasteiger partial charge in [0.15, 0.2) is 0 Å². The lowest BCUT2D eigenvalue weighted by Gasteiger charge is -2.61. The third-order valence-corrected chi connectivity index (χ3v) is 9.26. The van der Waals surface area contributed by atoms with E-state index in [-0.39, 0.29) is 10.8 Å². The molecule has 0 aliphatic heterocycles. The Kier molecular flexibility index (Phi) is 5.75. The van der Waals surface area contributed by atoms with Gasteiger partial charge in [0, 0.05) is 24.9 Å². The first-order chi connectivity index (χ1) is 13.9. The lowest BCUT2D eigenvalue weighted by molar-refractivity contribution is -0.142. The molecule has 29 heavy (non-hydrogen) atoms. The smallest absolute Gasteiger partial charge is 0.207 e. The molecule has 1 amide bonds. The van der Waals surface area contributed by atoms with Gasteiger partial charge in [-0.05, 0) is 80.0 Å². The Morgan fingerprint density at radius 1 is 1.21 bits per heavy atom. The van der Waals surface area contributed by atoms with Crippen LogP contribution in [0.25, 0.3) is 0 Å². The molecule has 4 saturated carbocycles. The summed E-state index contributed by atoms with van der Waals surface area (Å²) in [5, 5.41) is 7.36. The minimum absolute atomic E-state index is 0.107. The van der Waals surface area contributed by atoms with Crippen molar-refractivity contribution in [3.05, 3.63) is 0 Å². The van der Waals surface area contributed by atoms with E-state index in [0.29, 0.717) is 48.5 Å². The molecule has 0 heterocycles. The zero-order valence-corrected chi connectivity index (χ0v) is 18.0. The molecule has 4 aliphatic rings. The number of oxime groups is 1. The van der Waals surface area contributed by atoms with E-state index in [4.69, 9.17) is 10.6 Å². The van der Waals surface area contributed by atoms with Gasteiger partial charge in [0.1, 0.15) is 12.4 Å². The Bertz CT molecular complexity index is 680. The van der Waals surface area contributed by atoms with Gasteiger partial charge in [-0.15, -0.1) is 0 Å². The van der Waals surface area contributed by atoms with Crippen molar-refractivity contribution < 1.29 is 14.4 Å². The highest BCUT2D eigenvalue weighted by atomic mass is 16.6. The van der Waals surface area contributed by atoms with E-state index in [2.05, 4.69) is 24.3 Å². The van der Waals surface area contributed by atoms with E-state index in [0.717, 1.165) is 63.6 Å². The molecule has 0 saturated heterocycles. The van der Waals surface area contributed by atoms with Gasteiger partial charge in [0.05, 0.1) is 5.71 Å². The molecule has 0 aromatic rings. The fraction of sp³-hybridized carbons (Fsp3) is 0.870. The molecule has 0 bridgehead atoms. The van der Waals surface area contributed by atoms with Crippen molar-refractivity contribution in [1.29, 1.82) is 0 Å². The molecular weight excluding hydrogens is 366 g/mol. The second-order valence-corrected chi connectivity index (χ2v) is 10.4. The van der Waals surface area contributed by atoms with Gasteiger partial charge in [-0.2, -0.15) is 0 Å². The van der Waals surface area contributed by atoms with Gasteiger partial charge in [0.2, 0.25) is 6.41 Å². The fourth-order valence-electron chi connectivity index (χ4n) is 7.77. The Labute approximate surface area is 174 Å². The third kappa shape index (κ3) is 3.41. The quantitative estimate of drug-likeness (QED) is 0.405. The number of nitrogens with one attached hydrogen (secondary N) is 1. The summed E-state index contributed by atoms with van der Waals surface area (Å²) in [7, 11) is 0. The number of hydrogen-bond donors (Lipinski definition) is 2. The maximum absolute atomic E-state index is 12.7. The number of ketones is 1. The number of nitrogens with two attached hydrogens (primary N) is 1. The van der Waals surface area contributed by atoms with E-state index in [1.807, 2.05) is 0 Å². The van der Waals surface area contributed by atoms with Crippen molar-refractivity contribution in [1.82, 2.24) is 5.32 Å². The number of fused-ring (bicyclic) bond motifs is 5. The fourth-order valence-corrected chi connectivity index (χ4v) is 7.77. The molecule has 7 atom stereocenters. The third-order valence-electron chi connectivity index (χ3n) is 9.26. The van der Waals surface area contributed by atoms with Crippen molar-refractivity contribution in [3.8, 4) is 0 Å². The Hall–Kier alpha value is -1.43. The van der Waals surface area contributed by atoms with Crippen LogP contribution < -0.4 is 11.1 Å². The van der Waals surface area contributed by atoms with Crippen molar-refractivity contribution in [3.63, 3.8) is 0 Å². The summed E-state index contributed by atoms with van der Waals surface area (Å²) in [5.74, 6) is 3.23. The molecule has 6 nitrogen and oxygen atoms in total. The number of nitrogens with zero attached hydrogens (tertiary/aromatic N) is 1. The van der Waals surface area contributed by atoms with E-state index in [9.17, 15) is 9.59 Å². The van der Waals surface area contributed by atoms with Crippen molar-refractivity contribution in [2.24, 2.45) is 51.3 Å². The van der Waals surface area contributed by atoms with Crippen LogP contribution in [0, 0.1) is 40.4 Å². The Balaban J connectivity index is 1.61. The summed E-state index contributed by atoms with van der Waals surface area (Å²) in [6.45, 7) is 6.38. The minimum Gasteiger partial charge on any atom is -0.395 e. The lowest BCUT2D eigenvalue weighted by atomic mass is 9.43. The molecule has 4 aliphatic carbocycles. The molecule has 0 aromatic carbocycles. The summed E-state index contributed by atoms with van der Waals surface area (Å²) in [6.07, 6.45) is 9.05. The molecule has 4 fully saturated rings. The van der Waals surface area contributed by atoms with Crippen LogP contribution in [0.5, 0.6) is 0 Å². The lowest BCUT2D eigenvalue weighted by Crippen LogP contribution is -2.57. The Morgan fingerprint density at radius 3 is 2.79 bits per heavy atom. The SMILES string of the molecule is C[C@]12CCC(=NOCCN)CC1C(CNC=O)C[C@@H]1[C@H]2CC[C@]2(C)C(=O)CC[C@@H]12. The average Bonchev–Trinajstić information content (AvgIpc) is 3.01. The van der Waals surface area contributed by atoms with Crippen LogP contribution >= 0.6 is 0 Å². The zero-order valence-electron chi connectivity index (χ0n) is 18.0. The summed E-state index contributed by atoms with van der Waals surface area (Å²) in [5.41, 5.74) is 6.81. The summed E-state index contributed by atoms with van der Waals surface area (Å²) >= 11 is 0. The first-order valence-electron chi connectivity index (χ1n) is 11.5. The van der Waals surface area contributed by atoms with Gasteiger partial charge < -0.3 is 15.9 Å². The first kappa shape index (κ1) is 20.8. The van der Waals surface area contributed by atoms with E-state index in [1.165, 1.54) is 6.42 Å². The van der Waals surface area contributed by atoms with Crippen molar-refractivity contribution in [2.45, 2.75) is 65.2 Å². The average molecular weight is 404 g/mol. The van der Waals surface area contributed by atoms with Crippen LogP contribution in [0.2, 0.25) is 0 Å². The van der Waals surface area contributed by atoms with E-state index < -0.39 is 0 Å². The molecule has 2 unspecified atom stereocenters. The van der Waals surface area contributed by atoms with Gasteiger partial charge in [-0.25, -0.2) is 0 Å². The molecule has 4 rings (SSSR count). The molecule has 0 aromatic heterocycles. The van der Waals surface area contributed by atoms with E-state index >= 15 is 0 Å². The minimum atomic E-state index is -0.107. The molecular formula is C23H37N3O3. The zero-order chi connectivity index (χ0) is 20.6. The highest BCUT2D eigenvalue weighted by molar-refractivity contribution is 5.87. The van der Waals surface area contributed by atoms with Crippen LogP contribution in [0.4, 0.5) is 0 Å². The van der Waals surface area contributed by atoms with Crippen LogP contribution in [0.3, 0.4) is 0 Å². The second-order valence-electron chi connectivity index (χ2n) is 10.4. The summed E-state index contributed by atoms with van der Waals surface area (Å²) in [4.78, 5) is 29.2. The second kappa shape index (κ2) is 8.01. The van der Waals surface area contributed by atoms with Gasteiger partial charge >= 0.3 is 0 Å². The number of carbonyl (C=O) groups is 2. The number of Topliss-reactive ketones (excluding diaryl/α,β-unsaturated/α-hetero) is 1. The normalized spacial score (nSPS) is 45.3. The van der Waals surface area contributed by atoms with Crippen LogP contribution in [-0.2, 0) is 14.4 Å². The maximum Gasteiger partial charge on any atom is 0.207 e. The molecule has 3 N–H and O–H groups in total. The molecule has 0 spiro atoms. The standard InChI is InChI=1S/C23H37N3O3/c1-22-7-5-16(26-29-10-9-24)12-20(22)15(13-25-14-27)11-17-18-3-4-21(28)23(18,2)8-6-19(17)22/h14-15,17-20H,3-13,24H2,1-2H3,(H,25,27)/t15?,17-,18-,19+,20?,22+,23-/m0/s1. The number of amides is 1. The van der Waals surface area contributed by atoms with Crippen molar-refractivity contribution in [2.75, 3.05) is 19.7 Å². The monoisotopic (exact) mass is 403 g/mol. The predicted octanol–water partition coefficient (Wildman–Crippen LogP) is 2.90. The number of hydrogen-bond acceptors (Lipinski definition) is 5. The Morgan fingerprint density at radius 2 is 2.03 bits per heavy atom. The summed E-state index contributed by atoms with van der Waals surface area (Å²) < 4.78 is 0. The summed E-state index contributed by atoms with van der Waals surface area (Å²) in [6, 6.07) is 0. The van der Waals surface area contributed by atoms with Crippen LogP contribution in [-0.4, -0.2) is 37.6 Å². The molecule has 6 heteroatoms. The van der Waals surface area contributed by atoms with Gasteiger partial charge in [0.25, 0.3) is 0 Å². The predicted molar refractivity (Wildman–Crippen MR) is 112 cm³/mol. The molecule has 162 valence electrons. The van der Waals surface area contributed by atoms with E-state index in [1.54, 1.807) is 0 Å². The molecule has 0 radical (unpaired) electrons. The van der Waals surface area contributed by atoms with Gasteiger partial charge in [-0.3, -0.25) is 9.59 Å². The van der Waals surface area contributed by atoms with Crippen LogP contribution in [0.15, 0.2) is 5.16 Å². The number of carbonyl (C=O) groups excluding carboxylic acids is 2. The maximum atomic E-state index is 12.7.